The van der Waals surface area contributed by atoms with E-state index in [0.717, 1.165) is 13.0 Å². The molecule has 0 aliphatic heterocycles. The van der Waals surface area contributed by atoms with Crippen molar-refractivity contribution >= 4 is 5.97 Å². The van der Waals surface area contributed by atoms with Gasteiger partial charge in [-0.3, -0.25) is 4.79 Å². The Kier molecular flexibility index (Phi) is 1.94. The molecule has 1 fully saturated rings. The summed E-state index contributed by atoms with van der Waals surface area (Å²) < 4.78 is 0. The molecule has 0 radical (unpaired) electrons. The van der Waals surface area contributed by atoms with Gasteiger partial charge in [-0.25, -0.2) is 0 Å². The van der Waals surface area contributed by atoms with Crippen LogP contribution in [0.25, 0.3) is 0 Å². The maximum atomic E-state index is 10.3. The Balaban J connectivity index is 2.20. The van der Waals surface area contributed by atoms with Gasteiger partial charge in [-0.05, 0) is 26.4 Å². The summed E-state index contributed by atoms with van der Waals surface area (Å²) in [7, 11) is 3.94. The lowest BCUT2D eigenvalue weighted by Gasteiger charge is -2.06. The molecule has 0 amide bonds. The van der Waals surface area contributed by atoms with Crippen LogP contribution in [0.2, 0.25) is 0 Å². The number of rotatable bonds is 3. The maximum absolute atomic E-state index is 10.3. The molecule has 0 saturated heterocycles. The van der Waals surface area contributed by atoms with Gasteiger partial charge in [0.05, 0.1) is 5.92 Å². The lowest BCUT2D eigenvalue weighted by Crippen LogP contribution is -2.16. The van der Waals surface area contributed by atoms with Crippen LogP contribution in [0.15, 0.2) is 0 Å². The first-order valence-corrected chi connectivity index (χ1v) is 3.49. The standard InChI is InChI=1S/C7H13NO2/c1-8(2)4-5-3-6(5)7(9)10/h5-6H,3-4H2,1-2H3,(H,9,10)/t5-,6+/m0/s1. The summed E-state index contributed by atoms with van der Waals surface area (Å²) in [5, 5.41) is 8.52. The number of hydrogen-bond acceptors (Lipinski definition) is 2. The molecule has 0 heterocycles. The normalized spacial score (nSPS) is 30.7. The van der Waals surface area contributed by atoms with E-state index >= 15 is 0 Å². The Labute approximate surface area is 60.6 Å². The minimum Gasteiger partial charge on any atom is -0.481 e. The fourth-order valence-electron chi connectivity index (χ4n) is 1.22. The van der Waals surface area contributed by atoms with Crippen LogP contribution in [0.5, 0.6) is 0 Å². The molecule has 0 aromatic heterocycles. The van der Waals surface area contributed by atoms with Crippen LogP contribution in [0.4, 0.5) is 0 Å². The molecule has 1 aliphatic rings. The van der Waals surface area contributed by atoms with Crippen molar-refractivity contribution in [2.24, 2.45) is 11.8 Å². The van der Waals surface area contributed by atoms with Crippen molar-refractivity contribution in [3.05, 3.63) is 0 Å². The summed E-state index contributed by atoms with van der Waals surface area (Å²) in [6.45, 7) is 0.914. The van der Waals surface area contributed by atoms with Gasteiger partial charge in [-0.15, -0.1) is 0 Å². The van der Waals surface area contributed by atoms with E-state index in [0.29, 0.717) is 5.92 Å². The van der Waals surface area contributed by atoms with Crippen molar-refractivity contribution in [2.45, 2.75) is 6.42 Å². The van der Waals surface area contributed by atoms with Gasteiger partial charge in [0.15, 0.2) is 0 Å². The summed E-state index contributed by atoms with van der Waals surface area (Å²) in [6.07, 6.45) is 0.869. The number of aliphatic carboxylic acids is 1. The van der Waals surface area contributed by atoms with Gasteiger partial charge in [0.2, 0.25) is 0 Å². The molecule has 2 atom stereocenters. The van der Waals surface area contributed by atoms with Crippen molar-refractivity contribution in [1.29, 1.82) is 0 Å². The maximum Gasteiger partial charge on any atom is 0.306 e. The third kappa shape index (κ3) is 1.70. The molecular weight excluding hydrogens is 130 g/mol. The van der Waals surface area contributed by atoms with Crippen molar-refractivity contribution in [1.82, 2.24) is 4.90 Å². The lowest BCUT2D eigenvalue weighted by atomic mass is 10.3. The summed E-state index contributed by atoms with van der Waals surface area (Å²) in [5.41, 5.74) is 0. The van der Waals surface area contributed by atoms with E-state index < -0.39 is 5.97 Å². The largest absolute Gasteiger partial charge is 0.481 e. The summed E-state index contributed by atoms with van der Waals surface area (Å²) in [5.74, 6) is -0.276. The topological polar surface area (TPSA) is 40.5 Å². The van der Waals surface area contributed by atoms with Gasteiger partial charge in [-0.1, -0.05) is 0 Å². The predicted octanol–water partition coefficient (Wildman–Crippen LogP) is 0.269. The van der Waals surface area contributed by atoms with Gasteiger partial charge in [-0.2, -0.15) is 0 Å². The summed E-state index contributed by atoms with van der Waals surface area (Å²) in [6, 6.07) is 0. The Morgan fingerprint density at radius 1 is 1.70 bits per heavy atom. The van der Waals surface area contributed by atoms with E-state index in [1.807, 2.05) is 19.0 Å². The Morgan fingerprint density at radius 2 is 2.30 bits per heavy atom. The van der Waals surface area contributed by atoms with Gasteiger partial charge in [0.25, 0.3) is 0 Å². The summed E-state index contributed by atoms with van der Waals surface area (Å²) >= 11 is 0. The van der Waals surface area contributed by atoms with Crippen LogP contribution >= 0.6 is 0 Å². The second-order valence-corrected chi connectivity index (χ2v) is 3.20. The minimum atomic E-state index is -0.633. The zero-order valence-corrected chi connectivity index (χ0v) is 6.37. The second-order valence-electron chi connectivity index (χ2n) is 3.20. The average Bonchev–Trinajstić information content (AvgIpc) is 2.43. The Hall–Kier alpha value is -0.570. The smallest absolute Gasteiger partial charge is 0.306 e. The third-order valence-electron chi connectivity index (χ3n) is 1.84. The van der Waals surface area contributed by atoms with Gasteiger partial charge >= 0.3 is 5.97 Å². The molecule has 1 N–H and O–H groups in total. The molecule has 0 bridgehead atoms. The van der Waals surface area contributed by atoms with E-state index in [-0.39, 0.29) is 5.92 Å². The van der Waals surface area contributed by atoms with E-state index in [9.17, 15) is 4.79 Å². The van der Waals surface area contributed by atoms with Crippen LogP contribution in [-0.4, -0.2) is 36.6 Å². The third-order valence-corrected chi connectivity index (χ3v) is 1.84. The average molecular weight is 143 g/mol. The number of nitrogens with zero attached hydrogens (tertiary/aromatic N) is 1. The molecular formula is C7H13NO2. The number of carboxylic acid groups (broad SMARTS) is 1. The van der Waals surface area contributed by atoms with Crippen LogP contribution in [0, 0.1) is 11.8 Å². The van der Waals surface area contributed by atoms with Crippen molar-refractivity contribution in [3.63, 3.8) is 0 Å². The van der Waals surface area contributed by atoms with E-state index in [4.69, 9.17) is 5.11 Å². The van der Waals surface area contributed by atoms with Gasteiger partial charge in [0, 0.05) is 6.54 Å². The second kappa shape index (κ2) is 2.58. The first-order chi connectivity index (χ1) is 4.61. The van der Waals surface area contributed by atoms with Crippen molar-refractivity contribution in [2.75, 3.05) is 20.6 Å². The molecule has 3 nitrogen and oxygen atoms in total. The molecule has 0 aromatic rings. The first kappa shape index (κ1) is 7.54. The molecule has 1 saturated carbocycles. The van der Waals surface area contributed by atoms with Crippen LogP contribution in [-0.2, 0) is 4.79 Å². The van der Waals surface area contributed by atoms with Crippen molar-refractivity contribution < 1.29 is 9.90 Å². The Bertz CT molecular complexity index is 145. The van der Waals surface area contributed by atoms with E-state index in [2.05, 4.69) is 0 Å². The SMILES string of the molecule is CN(C)C[C@@H]1C[C@H]1C(=O)O. The first-order valence-electron chi connectivity index (χ1n) is 3.49. The zero-order chi connectivity index (χ0) is 7.72. The predicted molar refractivity (Wildman–Crippen MR) is 37.8 cm³/mol. The van der Waals surface area contributed by atoms with Crippen LogP contribution < -0.4 is 0 Å². The zero-order valence-electron chi connectivity index (χ0n) is 6.37. The van der Waals surface area contributed by atoms with Crippen LogP contribution in [0.3, 0.4) is 0 Å². The molecule has 10 heavy (non-hydrogen) atoms. The van der Waals surface area contributed by atoms with Gasteiger partial charge < -0.3 is 10.0 Å². The molecule has 0 unspecified atom stereocenters. The Morgan fingerprint density at radius 3 is 2.60 bits per heavy atom. The minimum absolute atomic E-state index is 0.0533. The highest BCUT2D eigenvalue weighted by Gasteiger charge is 2.42. The lowest BCUT2D eigenvalue weighted by molar-refractivity contribution is -0.138. The fourth-order valence-corrected chi connectivity index (χ4v) is 1.22. The van der Waals surface area contributed by atoms with Crippen LogP contribution in [0.1, 0.15) is 6.42 Å². The molecule has 3 heteroatoms. The molecule has 1 rings (SSSR count). The fraction of sp³-hybridized carbons (Fsp3) is 0.857. The van der Waals surface area contributed by atoms with Crippen molar-refractivity contribution in [3.8, 4) is 0 Å². The number of carbonyl (C=O) groups is 1. The van der Waals surface area contributed by atoms with E-state index in [1.165, 1.54) is 0 Å². The van der Waals surface area contributed by atoms with Gasteiger partial charge in [0.1, 0.15) is 0 Å². The molecule has 58 valence electrons. The number of carboxylic acids is 1. The monoisotopic (exact) mass is 143 g/mol. The molecule has 0 spiro atoms. The quantitative estimate of drug-likeness (QED) is 0.616. The number of hydrogen-bond donors (Lipinski definition) is 1. The summed E-state index contributed by atoms with van der Waals surface area (Å²) in [4.78, 5) is 12.4. The highest BCUT2D eigenvalue weighted by atomic mass is 16.4. The molecule has 1 aliphatic carbocycles. The van der Waals surface area contributed by atoms with E-state index in [1.54, 1.807) is 0 Å². The highest BCUT2D eigenvalue weighted by molar-refractivity contribution is 5.73. The highest BCUT2D eigenvalue weighted by Crippen LogP contribution is 2.38. The molecule has 0 aromatic carbocycles.